The van der Waals surface area contributed by atoms with Crippen molar-refractivity contribution >= 4 is 39.5 Å². The molecule has 6 atom stereocenters. The molecule has 0 fully saturated rings. The van der Waals surface area contributed by atoms with Crippen molar-refractivity contribution in [2.45, 2.75) is 394 Å². The van der Waals surface area contributed by atoms with E-state index in [9.17, 15) is 43.2 Å². The van der Waals surface area contributed by atoms with Crippen LogP contribution in [0.15, 0.2) is 0 Å². The highest BCUT2D eigenvalue weighted by Crippen LogP contribution is 2.45. The fourth-order valence-electron chi connectivity index (χ4n) is 11.2. The number of phosphoric acid groups is 2. The van der Waals surface area contributed by atoms with Gasteiger partial charge in [0.05, 0.1) is 26.4 Å². The Morgan fingerprint density at radius 2 is 0.548 bits per heavy atom. The van der Waals surface area contributed by atoms with Crippen LogP contribution in [0.5, 0.6) is 0 Å². The van der Waals surface area contributed by atoms with E-state index in [4.69, 9.17) is 37.0 Å². The minimum atomic E-state index is -4.96. The van der Waals surface area contributed by atoms with E-state index in [0.29, 0.717) is 31.6 Å². The predicted molar refractivity (Wildman–Crippen MR) is 377 cm³/mol. The monoisotopic (exact) mass is 1370 g/mol. The highest BCUT2D eigenvalue weighted by atomic mass is 31.2. The SMILES string of the molecule is CCCCCCCCCCCCCCCCCCCCCC(=O)O[C@H](COC(=O)CCCCCCCCCCCCCCC(C)C)COP(=O)(O)OC[C@@H](O)COP(=O)(O)OC[C@@H](COC(=O)CCCCCCCCC(C)C)OC(=O)CCCCCCCCC(C)CC. The molecule has 3 unspecified atom stereocenters. The quantitative estimate of drug-likeness (QED) is 0.0222. The van der Waals surface area contributed by atoms with E-state index in [0.717, 1.165) is 108 Å². The van der Waals surface area contributed by atoms with Crippen LogP contribution in [0.3, 0.4) is 0 Å². The minimum Gasteiger partial charge on any atom is -0.462 e. The molecule has 0 aromatic rings. The number of carbonyl (C=O) groups is 4. The van der Waals surface area contributed by atoms with Gasteiger partial charge < -0.3 is 33.8 Å². The van der Waals surface area contributed by atoms with E-state index >= 15 is 0 Å². The number of ether oxygens (including phenoxy) is 4. The second-order valence-corrected chi connectivity index (χ2v) is 30.8. The highest BCUT2D eigenvalue weighted by molar-refractivity contribution is 7.47. The molecule has 0 aliphatic carbocycles. The van der Waals surface area contributed by atoms with E-state index in [1.165, 1.54) is 180 Å². The lowest BCUT2D eigenvalue weighted by atomic mass is 10.00. The van der Waals surface area contributed by atoms with Crippen molar-refractivity contribution in [2.24, 2.45) is 17.8 Å². The standard InChI is InChI=1S/C74H144O17P2/c1-8-10-11-12-13-14-15-16-17-18-19-20-21-22-27-30-33-43-50-57-73(78)90-69(61-84-71(76)55-48-41-32-29-26-24-23-25-28-31-38-45-52-65(3)4)63-88-92(80,81)86-59-68(75)60-87-93(82,83)89-64-70(62-85-72(77)56-49-42-36-34-39-46-53-66(5)6)91-74(79)58-51-44-37-35-40-47-54-67(7)9-2/h65-70,75H,8-64H2,1-7H3,(H,80,81)(H,82,83)/t67?,68-,69-,70-/m1/s1. The summed E-state index contributed by atoms with van der Waals surface area (Å²) in [5, 5.41) is 10.6. The van der Waals surface area contributed by atoms with Crippen LogP contribution in [0.2, 0.25) is 0 Å². The molecular weight excluding hydrogens is 1220 g/mol. The van der Waals surface area contributed by atoms with Crippen molar-refractivity contribution in [3.8, 4) is 0 Å². The Kier molecular flexibility index (Phi) is 63.4. The summed E-state index contributed by atoms with van der Waals surface area (Å²) in [5.41, 5.74) is 0. The van der Waals surface area contributed by atoms with Gasteiger partial charge in [0.1, 0.15) is 19.3 Å². The first-order chi connectivity index (χ1) is 44.8. The number of aliphatic hydroxyl groups is 1. The van der Waals surface area contributed by atoms with Gasteiger partial charge in [0, 0.05) is 25.7 Å². The molecule has 0 aromatic carbocycles. The molecular formula is C74H144O17P2. The average molecular weight is 1370 g/mol. The number of aliphatic hydroxyl groups excluding tert-OH is 1. The normalized spacial score (nSPS) is 14.4. The maximum Gasteiger partial charge on any atom is 0.472 e. The van der Waals surface area contributed by atoms with Gasteiger partial charge in [0.2, 0.25) is 0 Å². The lowest BCUT2D eigenvalue weighted by molar-refractivity contribution is -0.161. The average Bonchev–Trinajstić information content (AvgIpc) is 1.82. The highest BCUT2D eigenvalue weighted by Gasteiger charge is 2.30. The van der Waals surface area contributed by atoms with E-state index < -0.39 is 97.5 Å². The zero-order valence-corrected chi connectivity index (χ0v) is 62.5. The molecule has 0 heterocycles. The Morgan fingerprint density at radius 3 is 0.817 bits per heavy atom. The third-order valence-electron chi connectivity index (χ3n) is 17.5. The summed E-state index contributed by atoms with van der Waals surface area (Å²) < 4.78 is 68.4. The van der Waals surface area contributed by atoms with Gasteiger partial charge in [-0.05, 0) is 43.4 Å². The molecule has 0 rings (SSSR count). The summed E-state index contributed by atoms with van der Waals surface area (Å²) in [7, 11) is -9.91. The third-order valence-corrected chi connectivity index (χ3v) is 19.4. The Bertz CT molecular complexity index is 1820. The van der Waals surface area contributed by atoms with Gasteiger partial charge in [-0.15, -0.1) is 0 Å². The van der Waals surface area contributed by atoms with Crippen molar-refractivity contribution in [1.29, 1.82) is 0 Å². The molecule has 0 bridgehead atoms. The zero-order valence-electron chi connectivity index (χ0n) is 60.7. The van der Waals surface area contributed by atoms with Crippen molar-refractivity contribution < 1.29 is 80.2 Å². The molecule has 552 valence electrons. The maximum absolute atomic E-state index is 13.1. The number of carbonyl (C=O) groups excluding carboxylic acids is 4. The fraction of sp³-hybridized carbons (Fsp3) is 0.946. The summed E-state index contributed by atoms with van der Waals surface area (Å²) in [5.74, 6) is 0.0552. The van der Waals surface area contributed by atoms with Crippen molar-refractivity contribution in [2.75, 3.05) is 39.6 Å². The van der Waals surface area contributed by atoms with Gasteiger partial charge in [0.25, 0.3) is 0 Å². The number of esters is 4. The van der Waals surface area contributed by atoms with Crippen LogP contribution in [0.4, 0.5) is 0 Å². The molecule has 17 nitrogen and oxygen atoms in total. The van der Waals surface area contributed by atoms with Crippen LogP contribution < -0.4 is 0 Å². The molecule has 0 aromatic heterocycles. The van der Waals surface area contributed by atoms with Crippen LogP contribution in [0.25, 0.3) is 0 Å². The molecule has 0 radical (unpaired) electrons. The van der Waals surface area contributed by atoms with Crippen molar-refractivity contribution in [3.63, 3.8) is 0 Å². The second-order valence-electron chi connectivity index (χ2n) is 27.9. The molecule has 93 heavy (non-hydrogen) atoms. The third kappa shape index (κ3) is 67.0. The summed E-state index contributed by atoms with van der Waals surface area (Å²) >= 11 is 0. The van der Waals surface area contributed by atoms with E-state index in [-0.39, 0.29) is 25.7 Å². The lowest BCUT2D eigenvalue weighted by Gasteiger charge is -2.21. The number of hydrogen-bond acceptors (Lipinski definition) is 15. The number of phosphoric ester groups is 2. The van der Waals surface area contributed by atoms with Gasteiger partial charge >= 0.3 is 39.5 Å². The zero-order chi connectivity index (χ0) is 68.7. The molecule has 3 N–H and O–H groups in total. The molecule has 0 aliphatic heterocycles. The molecule has 0 saturated carbocycles. The van der Waals surface area contributed by atoms with Gasteiger partial charge in [-0.2, -0.15) is 0 Å². The Labute approximate surface area is 568 Å². The first-order valence-electron chi connectivity index (χ1n) is 38.4. The molecule has 0 aliphatic rings. The van der Waals surface area contributed by atoms with Crippen LogP contribution in [-0.4, -0.2) is 96.7 Å². The largest absolute Gasteiger partial charge is 0.472 e. The van der Waals surface area contributed by atoms with Crippen LogP contribution in [0.1, 0.15) is 376 Å². The number of rotatable bonds is 72. The second kappa shape index (κ2) is 64.7. The lowest BCUT2D eigenvalue weighted by Crippen LogP contribution is -2.30. The first-order valence-corrected chi connectivity index (χ1v) is 41.4. The Hall–Kier alpha value is -1.94. The first kappa shape index (κ1) is 91.1. The summed E-state index contributed by atoms with van der Waals surface area (Å²) in [4.78, 5) is 72.6. The van der Waals surface area contributed by atoms with Crippen molar-refractivity contribution in [1.82, 2.24) is 0 Å². The maximum atomic E-state index is 13.1. The molecule has 19 heteroatoms. The molecule has 0 spiro atoms. The van der Waals surface area contributed by atoms with E-state index in [1.54, 1.807) is 0 Å². The molecule has 0 amide bonds. The van der Waals surface area contributed by atoms with E-state index in [2.05, 4.69) is 48.5 Å². The number of hydrogen-bond donors (Lipinski definition) is 3. The van der Waals surface area contributed by atoms with Crippen LogP contribution in [0, 0.1) is 17.8 Å². The van der Waals surface area contributed by atoms with Crippen LogP contribution >= 0.6 is 15.6 Å². The van der Waals surface area contributed by atoms with Gasteiger partial charge in [-0.1, -0.05) is 325 Å². The Balaban J connectivity index is 5.21. The van der Waals surface area contributed by atoms with Gasteiger partial charge in [-0.3, -0.25) is 37.3 Å². The topological polar surface area (TPSA) is 237 Å². The summed E-state index contributed by atoms with van der Waals surface area (Å²) in [6.45, 7) is 11.8. The van der Waals surface area contributed by atoms with Gasteiger partial charge in [0.15, 0.2) is 12.2 Å². The number of unbranched alkanes of at least 4 members (excludes halogenated alkanes) is 39. The van der Waals surface area contributed by atoms with E-state index in [1.807, 2.05) is 0 Å². The minimum absolute atomic E-state index is 0.102. The smallest absolute Gasteiger partial charge is 0.462 e. The summed E-state index contributed by atoms with van der Waals surface area (Å²) in [6, 6.07) is 0. The summed E-state index contributed by atoms with van der Waals surface area (Å²) in [6.07, 6.45) is 50.3. The van der Waals surface area contributed by atoms with Gasteiger partial charge in [-0.25, -0.2) is 9.13 Å². The fourth-order valence-corrected chi connectivity index (χ4v) is 12.8. The predicted octanol–water partition coefficient (Wildman–Crippen LogP) is 21.4. The van der Waals surface area contributed by atoms with Crippen LogP contribution in [-0.2, 0) is 65.4 Å². The van der Waals surface area contributed by atoms with Crippen molar-refractivity contribution in [3.05, 3.63) is 0 Å². The Morgan fingerprint density at radius 1 is 0.312 bits per heavy atom. The molecule has 0 saturated heterocycles.